The molecule has 0 aliphatic carbocycles. The molecule has 0 radical (unpaired) electrons. The second-order valence-corrected chi connectivity index (χ2v) is 9.06. The number of hydrogen-bond donors (Lipinski definition) is 1. The van der Waals surface area contributed by atoms with E-state index in [1.165, 1.54) is 6.92 Å². The number of nitrogens with zero attached hydrogens (tertiary/aromatic N) is 3. The van der Waals surface area contributed by atoms with Crippen LogP contribution >= 0.6 is 0 Å². The fraction of sp³-hybridized carbons (Fsp3) is 0.333. The van der Waals surface area contributed by atoms with E-state index in [1.807, 2.05) is 74.5 Å². The molecule has 9 nitrogen and oxygen atoms in total. The van der Waals surface area contributed by atoms with Crippen LogP contribution in [-0.2, 0) is 9.53 Å². The number of carbonyl (C=O) groups excluding carboxylic acids is 2. The van der Waals surface area contributed by atoms with Gasteiger partial charge >= 0.3 is 5.97 Å². The number of benzene rings is 2. The zero-order chi connectivity index (χ0) is 25.8. The zero-order valence-corrected chi connectivity index (χ0v) is 20.5. The molecule has 2 aromatic carbocycles. The number of carbonyl (C=O) groups is 2. The minimum Gasteiger partial charge on any atom is -0.451 e. The van der Waals surface area contributed by atoms with Gasteiger partial charge in [-0.05, 0) is 31.9 Å². The molecule has 0 fully saturated rings. The Morgan fingerprint density at radius 2 is 1.61 bits per heavy atom. The summed E-state index contributed by atoms with van der Waals surface area (Å²) < 4.78 is 12.2. The Morgan fingerprint density at radius 1 is 1.03 bits per heavy atom. The molecule has 36 heavy (non-hydrogen) atoms. The van der Waals surface area contributed by atoms with Gasteiger partial charge in [0.25, 0.3) is 5.91 Å². The summed E-state index contributed by atoms with van der Waals surface area (Å²) in [6.45, 7) is 5.15. The molecule has 3 aromatic rings. The average Bonchev–Trinajstić information content (AvgIpc) is 2.87. The summed E-state index contributed by atoms with van der Waals surface area (Å²) in [5.41, 5.74) is 7.07. The maximum absolute atomic E-state index is 13.6. The molecule has 1 aliphatic rings. The maximum atomic E-state index is 13.6. The number of rotatable bonds is 8. The fourth-order valence-corrected chi connectivity index (χ4v) is 4.46. The number of ether oxygens (including phenoxy) is 2. The van der Waals surface area contributed by atoms with Crippen LogP contribution in [-0.4, -0.2) is 52.0 Å². The van der Waals surface area contributed by atoms with Gasteiger partial charge in [0.15, 0.2) is 5.69 Å². The van der Waals surface area contributed by atoms with E-state index >= 15 is 0 Å². The molecule has 4 rings (SSSR count). The predicted molar refractivity (Wildman–Crippen MR) is 134 cm³/mol. The average molecular weight is 491 g/mol. The standard InChI is InChI=1S/C27H30N4O5/c1-17(2)30-15-21(23(19-10-6-4-7-11-19)20-12-8-5-9-13-20)31-24(26(30)33)25(22(32)14-29-31)35-16-36-27(34)18(3)28/h4-14,17-18,21,23H,15-16,28H2,1-3H3. The third kappa shape index (κ3) is 5.01. The van der Waals surface area contributed by atoms with Gasteiger partial charge in [-0.1, -0.05) is 60.7 Å². The quantitative estimate of drug-likeness (QED) is 0.381. The lowest BCUT2D eigenvalue weighted by molar-refractivity contribution is -0.151. The minimum absolute atomic E-state index is 0.0289. The summed E-state index contributed by atoms with van der Waals surface area (Å²) in [4.78, 5) is 39.9. The summed E-state index contributed by atoms with van der Waals surface area (Å²) in [5.74, 6) is -1.43. The Bertz CT molecular complexity index is 1230. The molecular weight excluding hydrogens is 460 g/mol. The number of esters is 1. The van der Waals surface area contributed by atoms with Crippen molar-refractivity contribution < 1.29 is 19.1 Å². The van der Waals surface area contributed by atoms with Crippen LogP contribution in [0.3, 0.4) is 0 Å². The van der Waals surface area contributed by atoms with Gasteiger partial charge in [0.2, 0.25) is 18.0 Å². The van der Waals surface area contributed by atoms with Gasteiger partial charge in [0.05, 0.1) is 12.2 Å². The van der Waals surface area contributed by atoms with E-state index < -0.39 is 24.2 Å². The Hall–Kier alpha value is -3.98. The van der Waals surface area contributed by atoms with E-state index in [-0.39, 0.29) is 35.4 Å². The SMILES string of the molecule is CC(N)C(=O)OCOc1c2n(ncc1=O)C(C(c1ccccc1)c1ccccc1)CN(C(C)C)C2=O. The van der Waals surface area contributed by atoms with Crippen LogP contribution in [0.25, 0.3) is 0 Å². The Balaban J connectivity index is 1.84. The van der Waals surface area contributed by atoms with Gasteiger partial charge in [0.1, 0.15) is 6.04 Å². The highest BCUT2D eigenvalue weighted by molar-refractivity contribution is 5.96. The van der Waals surface area contributed by atoms with Crippen LogP contribution < -0.4 is 15.9 Å². The topological polar surface area (TPSA) is 117 Å². The molecular formula is C27H30N4O5. The van der Waals surface area contributed by atoms with Gasteiger partial charge < -0.3 is 20.1 Å². The molecule has 0 spiro atoms. The van der Waals surface area contributed by atoms with Crippen molar-refractivity contribution in [3.8, 4) is 5.75 Å². The summed E-state index contributed by atoms with van der Waals surface area (Å²) >= 11 is 0. The molecule has 0 saturated heterocycles. The van der Waals surface area contributed by atoms with Crippen LogP contribution in [0.2, 0.25) is 0 Å². The van der Waals surface area contributed by atoms with Crippen molar-refractivity contribution in [2.75, 3.05) is 13.3 Å². The van der Waals surface area contributed by atoms with E-state index in [1.54, 1.807) is 9.58 Å². The first-order chi connectivity index (χ1) is 17.3. The van der Waals surface area contributed by atoms with Gasteiger partial charge in [-0.2, -0.15) is 5.10 Å². The third-order valence-electron chi connectivity index (χ3n) is 6.23. The monoisotopic (exact) mass is 490 g/mol. The molecule has 2 heterocycles. The molecule has 9 heteroatoms. The van der Waals surface area contributed by atoms with E-state index in [0.29, 0.717) is 6.54 Å². The number of fused-ring (bicyclic) bond motifs is 1. The molecule has 2 unspecified atom stereocenters. The smallest absolute Gasteiger partial charge is 0.325 e. The molecule has 0 saturated carbocycles. The molecule has 1 aromatic heterocycles. The minimum atomic E-state index is -0.846. The van der Waals surface area contributed by atoms with Crippen molar-refractivity contribution in [2.24, 2.45) is 5.73 Å². The van der Waals surface area contributed by atoms with Gasteiger partial charge in [0, 0.05) is 18.5 Å². The normalized spacial score (nSPS) is 16.1. The second kappa shape index (κ2) is 10.7. The van der Waals surface area contributed by atoms with E-state index in [4.69, 9.17) is 15.2 Å². The molecule has 1 aliphatic heterocycles. The lowest BCUT2D eigenvalue weighted by Gasteiger charge is -2.41. The number of nitrogens with two attached hydrogens (primary N) is 1. The first-order valence-corrected chi connectivity index (χ1v) is 11.9. The summed E-state index contributed by atoms with van der Waals surface area (Å²) in [6.07, 6.45) is 1.13. The second-order valence-electron chi connectivity index (χ2n) is 9.06. The molecule has 0 bridgehead atoms. The fourth-order valence-electron chi connectivity index (χ4n) is 4.46. The van der Waals surface area contributed by atoms with Crippen molar-refractivity contribution in [3.63, 3.8) is 0 Å². The first-order valence-electron chi connectivity index (χ1n) is 11.9. The Morgan fingerprint density at radius 3 is 2.14 bits per heavy atom. The summed E-state index contributed by atoms with van der Waals surface area (Å²) in [7, 11) is 0. The van der Waals surface area contributed by atoms with Crippen molar-refractivity contribution in [1.29, 1.82) is 0 Å². The highest BCUT2D eigenvalue weighted by Gasteiger charge is 2.40. The highest BCUT2D eigenvalue weighted by atomic mass is 16.7. The van der Waals surface area contributed by atoms with Crippen molar-refractivity contribution in [3.05, 3.63) is 93.9 Å². The van der Waals surface area contributed by atoms with Crippen LogP contribution in [0.5, 0.6) is 5.75 Å². The lowest BCUT2D eigenvalue weighted by Crippen LogP contribution is -2.50. The molecule has 2 N–H and O–H groups in total. The van der Waals surface area contributed by atoms with Crippen LogP contribution in [0.4, 0.5) is 0 Å². The van der Waals surface area contributed by atoms with Gasteiger partial charge in [-0.3, -0.25) is 19.1 Å². The van der Waals surface area contributed by atoms with Crippen LogP contribution in [0.15, 0.2) is 71.7 Å². The predicted octanol–water partition coefficient (Wildman–Crippen LogP) is 2.71. The van der Waals surface area contributed by atoms with E-state index in [2.05, 4.69) is 5.10 Å². The van der Waals surface area contributed by atoms with E-state index in [0.717, 1.165) is 17.3 Å². The highest BCUT2D eigenvalue weighted by Crippen LogP contribution is 2.39. The number of aromatic nitrogens is 2. The van der Waals surface area contributed by atoms with Gasteiger partial charge in [-0.25, -0.2) is 0 Å². The van der Waals surface area contributed by atoms with E-state index in [9.17, 15) is 14.4 Å². The Labute approximate surface area is 209 Å². The Kier molecular flexibility index (Phi) is 7.49. The molecule has 2 atom stereocenters. The lowest BCUT2D eigenvalue weighted by atomic mass is 9.83. The number of amides is 1. The largest absolute Gasteiger partial charge is 0.451 e. The summed E-state index contributed by atoms with van der Waals surface area (Å²) in [5, 5.41) is 4.40. The third-order valence-corrected chi connectivity index (χ3v) is 6.23. The van der Waals surface area contributed by atoms with Crippen molar-refractivity contribution in [1.82, 2.24) is 14.7 Å². The van der Waals surface area contributed by atoms with Gasteiger partial charge in [-0.15, -0.1) is 0 Å². The number of hydrogen-bond acceptors (Lipinski definition) is 7. The molecule has 188 valence electrons. The zero-order valence-electron chi connectivity index (χ0n) is 20.5. The molecule has 1 amide bonds. The first kappa shape index (κ1) is 25.1. The van der Waals surface area contributed by atoms with Crippen LogP contribution in [0.1, 0.15) is 54.3 Å². The maximum Gasteiger partial charge on any atom is 0.325 e. The van der Waals surface area contributed by atoms with Crippen molar-refractivity contribution in [2.45, 2.75) is 44.8 Å². The van der Waals surface area contributed by atoms with Crippen LogP contribution in [0, 0.1) is 0 Å². The van der Waals surface area contributed by atoms with Crippen molar-refractivity contribution >= 4 is 11.9 Å². The summed E-state index contributed by atoms with van der Waals surface area (Å²) in [6, 6.07) is 18.6.